The van der Waals surface area contributed by atoms with Crippen LogP contribution in [0.1, 0.15) is 46.0 Å². The normalized spacial score (nSPS) is 30.5. The maximum Gasteiger partial charge on any atom is 0.325 e. The number of rotatable bonds is 5. The van der Waals surface area contributed by atoms with Crippen molar-refractivity contribution in [3.8, 4) is 0 Å². The Morgan fingerprint density at radius 1 is 1.38 bits per heavy atom. The highest BCUT2D eigenvalue weighted by Crippen LogP contribution is 2.24. The molecule has 0 saturated carbocycles. The van der Waals surface area contributed by atoms with Crippen LogP contribution in [0, 0.1) is 0 Å². The Morgan fingerprint density at radius 3 is 2.86 bits per heavy atom. The van der Waals surface area contributed by atoms with Gasteiger partial charge >= 0.3 is 5.97 Å². The molecule has 0 bridgehead atoms. The summed E-state index contributed by atoms with van der Waals surface area (Å²) in [6.45, 7) is 8.72. The minimum Gasteiger partial charge on any atom is -0.468 e. The second-order valence-corrected chi connectivity index (χ2v) is 7.00. The van der Waals surface area contributed by atoms with Crippen LogP contribution >= 0.6 is 0 Å². The summed E-state index contributed by atoms with van der Waals surface area (Å²) >= 11 is 0. The summed E-state index contributed by atoms with van der Waals surface area (Å²) in [5.41, 5.74) is 5.17. The van der Waals surface area contributed by atoms with Crippen LogP contribution in [0.5, 0.6) is 0 Å². The third kappa shape index (κ3) is 4.18. The van der Waals surface area contributed by atoms with E-state index in [1.54, 1.807) is 6.92 Å². The molecule has 0 amide bonds. The number of hydrogen-bond donors (Lipinski definition) is 1. The third-order valence-corrected chi connectivity index (χ3v) is 5.11. The monoisotopic (exact) mass is 297 g/mol. The maximum absolute atomic E-state index is 11.6. The van der Waals surface area contributed by atoms with Gasteiger partial charge in [0.2, 0.25) is 0 Å². The summed E-state index contributed by atoms with van der Waals surface area (Å²) in [6, 6.07) is 1.33. The Labute approximate surface area is 128 Å². The van der Waals surface area contributed by atoms with Gasteiger partial charge in [0.05, 0.1) is 7.11 Å². The van der Waals surface area contributed by atoms with E-state index in [1.807, 2.05) is 0 Å². The van der Waals surface area contributed by atoms with E-state index >= 15 is 0 Å². The topological polar surface area (TPSA) is 58.8 Å². The van der Waals surface area contributed by atoms with Crippen LogP contribution in [-0.2, 0) is 9.53 Å². The number of hydrogen-bond acceptors (Lipinski definition) is 5. The second kappa shape index (κ2) is 7.07. The number of nitrogens with two attached hydrogens (primary N) is 1. The van der Waals surface area contributed by atoms with Crippen LogP contribution in [0.2, 0.25) is 0 Å². The highest BCUT2D eigenvalue weighted by Gasteiger charge is 2.33. The lowest BCUT2D eigenvalue weighted by atomic mass is 9.95. The first-order valence-corrected chi connectivity index (χ1v) is 8.29. The summed E-state index contributed by atoms with van der Waals surface area (Å²) in [5, 5.41) is 0. The molecule has 3 atom stereocenters. The van der Waals surface area contributed by atoms with Gasteiger partial charge < -0.3 is 10.5 Å². The van der Waals surface area contributed by atoms with Gasteiger partial charge in [-0.15, -0.1) is 0 Å². The standard InChI is InChI=1S/C16H31N3O2/c1-13-11-19-9-5-4-7-14(19)12-18(13)10-6-8-16(2,17)15(20)21-3/h13-14H,4-12,17H2,1-3H3. The number of methoxy groups -OCH3 is 1. The summed E-state index contributed by atoms with van der Waals surface area (Å²) in [5.74, 6) is -0.312. The highest BCUT2D eigenvalue weighted by atomic mass is 16.5. The predicted octanol–water partition coefficient (Wildman–Crippen LogP) is 1.22. The molecule has 0 aromatic carbocycles. The highest BCUT2D eigenvalue weighted by molar-refractivity contribution is 5.79. The van der Waals surface area contributed by atoms with E-state index in [0.717, 1.165) is 19.0 Å². The minimum atomic E-state index is -0.856. The zero-order chi connectivity index (χ0) is 15.5. The van der Waals surface area contributed by atoms with Gasteiger partial charge in [0.15, 0.2) is 0 Å². The molecule has 2 heterocycles. The lowest BCUT2D eigenvalue weighted by molar-refractivity contribution is -0.146. The van der Waals surface area contributed by atoms with E-state index in [2.05, 4.69) is 16.7 Å². The van der Waals surface area contributed by atoms with E-state index in [0.29, 0.717) is 12.5 Å². The molecule has 2 rings (SSSR count). The average molecular weight is 297 g/mol. The van der Waals surface area contributed by atoms with Crippen LogP contribution in [0.4, 0.5) is 0 Å². The lowest BCUT2D eigenvalue weighted by Crippen LogP contribution is -2.58. The molecule has 21 heavy (non-hydrogen) atoms. The van der Waals surface area contributed by atoms with Crippen LogP contribution in [0.25, 0.3) is 0 Å². The Hall–Kier alpha value is -0.650. The van der Waals surface area contributed by atoms with Crippen molar-refractivity contribution < 1.29 is 9.53 Å². The lowest BCUT2D eigenvalue weighted by Gasteiger charge is -2.47. The number of piperidine rings is 1. The summed E-state index contributed by atoms with van der Waals surface area (Å²) < 4.78 is 4.77. The molecule has 2 aliphatic rings. The molecule has 5 nitrogen and oxygen atoms in total. The minimum absolute atomic E-state index is 0.312. The summed E-state index contributed by atoms with van der Waals surface area (Å²) in [4.78, 5) is 16.8. The molecule has 0 radical (unpaired) electrons. The quantitative estimate of drug-likeness (QED) is 0.773. The van der Waals surface area contributed by atoms with Crippen molar-refractivity contribution in [2.24, 2.45) is 5.73 Å². The van der Waals surface area contributed by atoms with E-state index in [9.17, 15) is 4.79 Å². The van der Waals surface area contributed by atoms with Gasteiger partial charge in [-0.2, -0.15) is 0 Å². The summed E-state index contributed by atoms with van der Waals surface area (Å²) in [6.07, 6.45) is 5.68. The molecule has 0 spiro atoms. The SMILES string of the molecule is COC(=O)C(C)(N)CCCN1CC2CCCCN2CC1C. The molecule has 0 aromatic heterocycles. The van der Waals surface area contributed by atoms with Gasteiger partial charge in [-0.25, -0.2) is 0 Å². The van der Waals surface area contributed by atoms with E-state index in [1.165, 1.54) is 46.0 Å². The second-order valence-electron chi connectivity index (χ2n) is 7.00. The van der Waals surface area contributed by atoms with Crippen molar-refractivity contribution in [3.63, 3.8) is 0 Å². The molecular weight excluding hydrogens is 266 g/mol. The summed E-state index contributed by atoms with van der Waals surface area (Å²) in [7, 11) is 1.40. The zero-order valence-corrected chi connectivity index (χ0v) is 13.8. The molecule has 2 aliphatic heterocycles. The average Bonchev–Trinajstić information content (AvgIpc) is 2.46. The van der Waals surface area contributed by atoms with Crippen LogP contribution in [-0.4, -0.2) is 66.7 Å². The molecule has 122 valence electrons. The molecule has 2 saturated heterocycles. The van der Waals surface area contributed by atoms with Crippen molar-refractivity contribution >= 4 is 5.97 Å². The maximum atomic E-state index is 11.6. The van der Waals surface area contributed by atoms with Crippen LogP contribution < -0.4 is 5.73 Å². The first kappa shape index (κ1) is 16.7. The van der Waals surface area contributed by atoms with Gasteiger partial charge in [0.1, 0.15) is 5.54 Å². The van der Waals surface area contributed by atoms with E-state index in [4.69, 9.17) is 10.5 Å². The smallest absolute Gasteiger partial charge is 0.325 e. The number of esters is 1. The van der Waals surface area contributed by atoms with E-state index in [-0.39, 0.29) is 5.97 Å². The number of nitrogens with zero attached hydrogens (tertiary/aromatic N) is 2. The molecule has 2 N–H and O–H groups in total. The molecule has 3 unspecified atom stereocenters. The fourth-order valence-corrected chi connectivity index (χ4v) is 3.71. The van der Waals surface area contributed by atoms with Gasteiger partial charge in [-0.05, 0) is 52.6 Å². The number of piperazine rings is 1. The Morgan fingerprint density at radius 2 is 2.14 bits per heavy atom. The fourth-order valence-electron chi connectivity index (χ4n) is 3.71. The predicted molar refractivity (Wildman–Crippen MR) is 84.1 cm³/mol. The number of fused-ring (bicyclic) bond motifs is 1. The van der Waals surface area contributed by atoms with Gasteiger partial charge in [-0.1, -0.05) is 6.42 Å². The molecule has 5 heteroatoms. The van der Waals surface area contributed by atoms with Gasteiger partial charge in [0, 0.05) is 25.2 Å². The first-order valence-electron chi connectivity index (χ1n) is 8.29. The third-order valence-electron chi connectivity index (χ3n) is 5.11. The molecular formula is C16H31N3O2. The van der Waals surface area contributed by atoms with Crippen molar-refractivity contribution in [2.45, 2.75) is 63.6 Å². The zero-order valence-electron chi connectivity index (χ0n) is 13.8. The van der Waals surface area contributed by atoms with E-state index < -0.39 is 5.54 Å². The van der Waals surface area contributed by atoms with Crippen LogP contribution in [0.15, 0.2) is 0 Å². The Bertz CT molecular complexity index is 359. The van der Waals surface area contributed by atoms with Crippen molar-refractivity contribution in [1.82, 2.24) is 9.80 Å². The molecule has 0 aliphatic carbocycles. The Kier molecular flexibility index (Phi) is 5.63. The van der Waals surface area contributed by atoms with Crippen molar-refractivity contribution in [2.75, 3.05) is 33.3 Å². The van der Waals surface area contributed by atoms with Gasteiger partial charge in [-0.3, -0.25) is 14.6 Å². The van der Waals surface area contributed by atoms with Crippen LogP contribution in [0.3, 0.4) is 0 Å². The molecule has 2 fully saturated rings. The van der Waals surface area contributed by atoms with Crippen molar-refractivity contribution in [1.29, 1.82) is 0 Å². The fraction of sp³-hybridized carbons (Fsp3) is 0.938. The number of carbonyl (C=O) groups excluding carboxylic acids is 1. The largest absolute Gasteiger partial charge is 0.468 e. The molecule has 0 aromatic rings. The van der Waals surface area contributed by atoms with Gasteiger partial charge in [0.25, 0.3) is 0 Å². The van der Waals surface area contributed by atoms with Crippen molar-refractivity contribution in [3.05, 3.63) is 0 Å². The first-order chi connectivity index (χ1) is 9.94. The number of carbonyl (C=O) groups is 1. The number of ether oxygens (including phenoxy) is 1. The Balaban J connectivity index is 1.79.